The molecule has 1 fully saturated rings. The van der Waals surface area contributed by atoms with Crippen LogP contribution in [0.5, 0.6) is 11.5 Å². The van der Waals surface area contributed by atoms with E-state index < -0.39 is 15.8 Å². The van der Waals surface area contributed by atoms with Crippen molar-refractivity contribution in [3.63, 3.8) is 0 Å². The first kappa shape index (κ1) is 19.3. The number of piperidine rings is 1. The van der Waals surface area contributed by atoms with Gasteiger partial charge in [0.2, 0.25) is 15.9 Å². The second-order valence-electron chi connectivity index (χ2n) is 6.48. The molecule has 0 bridgehead atoms. The van der Waals surface area contributed by atoms with Gasteiger partial charge in [0.25, 0.3) is 0 Å². The zero-order valence-corrected chi connectivity index (χ0v) is 15.7. The maximum Gasteiger partial charge on any atom is 0.227 e. The van der Waals surface area contributed by atoms with Crippen LogP contribution < -0.4 is 10.1 Å². The van der Waals surface area contributed by atoms with Gasteiger partial charge in [0.1, 0.15) is 5.75 Å². The molecule has 1 N–H and O–H groups in total. The minimum atomic E-state index is -3.21. The van der Waals surface area contributed by atoms with E-state index in [1.165, 1.54) is 22.7 Å². The van der Waals surface area contributed by atoms with E-state index in [0.717, 1.165) is 0 Å². The van der Waals surface area contributed by atoms with Crippen molar-refractivity contribution in [2.24, 2.45) is 5.92 Å². The summed E-state index contributed by atoms with van der Waals surface area (Å²) >= 11 is 0. The van der Waals surface area contributed by atoms with Crippen molar-refractivity contribution in [2.75, 3.05) is 24.7 Å². The van der Waals surface area contributed by atoms with Crippen LogP contribution >= 0.6 is 0 Å². The van der Waals surface area contributed by atoms with Gasteiger partial charge in [-0.3, -0.25) is 4.79 Å². The number of amides is 1. The van der Waals surface area contributed by atoms with Gasteiger partial charge in [-0.2, -0.15) is 0 Å². The number of carbonyl (C=O) groups excluding carboxylic acids is 1. The van der Waals surface area contributed by atoms with E-state index in [-0.39, 0.29) is 17.6 Å². The van der Waals surface area contributed by atoms with Gasteiger partial charge in [-0.25, -0.2) is 17.1 Å². The summed E-state index contributed by atoms with van der Waals surface area (Å²) < 4.78 is 43.5. The summed E-state index contributed by atoms with van der Waals surface area (Å²) in [6.45, 7) is 0.707. The Bertz CT molecular complexity index is 908. The third kappa shape index (κ3) is 5.05. The molecule has 6 nitrogen and oxygen atoms in total. The molecule has 1 amide bonds. The van der Waals surface area contributed by atoms with Gasteiger partial charge in [-0.15, -0.1) is 0 Å². The largest absolute Gasteiger partial charge is 0.454 e. The molecule has 8 heteroatoms. The molecular formula is C19H21FN2O4S. The molecule has 1 saturated heterocycles. The standard InChI is InChI=1S/C19H21FN2O4S/c1-27(24,25)22-12-10-14(11-13-22)19(23)21-15-6-8-16(9-7-15)26-18-5-3-2-4-17(18)20/h2-9,14H,10-13H2,1H3,(H,21,23). The Labute approximate surface area is 158 Å². The predicted octanol–water partition coefficient (Wildman–Crippen LogP) is 3.23. The summed E-state index contributed by atoms with van der Waals surface area (Å²) in [6.07, 6.45) is 2.17. The lowest BCUT2D eigenvalue weighted by Crippen LogP contribution is -2.40. The Morgan fingerprint density at radius 3 is 2.33 bits per heavy atom. The molecule has 0 spiro atoms. The summed E-state index contributed by atoms with van der Waals surface area (Å²) in [5.41, 5.74) is 0.603. The molecule has 0 aliphatic carbocycles. The number of rotatable bonds is 5. The molecule has 1 aliphatic heterocycles. The average molecular weight is 392 g/mol. The smallest absolute Gasteiger partial charge is 0.227 e. The van der Waals surface area contributed by atoms with Gasteiger partial charge in [0.05, 0.1) is 6.26 Å². The Morgan fingerprint density at radius 1 is 1.11 bits per heavy atom. The molecule has 27 heavy (non-hydrogen) atoms. The lowest BCUT2D eigenvalue weighted by atomic mass is 9.97. The molecule has 0 aromatic heterocycles. The second-order valence-corrected chi connectivity index (χ2v) is 8.46. The van der Waals surface area contributed by atoms with Crippen molar-refractivity contribution >= 4 is 21.6 Å². The van der Waals surface area contributed by atoms with E-state index in [1.807, 2.05) is 0 Å². The number of sulfonamides is 1. The number of benzene rings is 2. The highest BCUT2D eigenvalue weighted by atomic mass is 32.2. The topological polar surface area (TPSA) is 75.7 Å². The molecule has 1 aliphatic rings. The molecule has 0 unspecified atom stereocenters. The Morgan fingerprint density at radius 2 is 1.74 bits per heavy atom. The average Bonchev–Trinajstić information content (AvgIpc) is 2.64. The van der Waals surface area contributed by atoms with E-state index >= 15 is 0 Å². The van der Waals surface area contributed by atoms with E-state index in [4.69, 9.17) is 4.74 Å². The number of para-hydroxylation sites is 1. The third-order valence-electron chi connectivity index (χ3n) is 4.48. The first-order valence-electron chi connectivity index (χ1n) is 8.61. The van der Waals surface area contributed by atoms with E-state index in [2.05, 4.69) is 5.32 Å². The molecule has 0 saturated carbocycles. The van der Waals surface area contributed by atoms with Crippen molar-refractivity contribution in [3.05, 3.63) is 54.3 Å². The van der Waals surface area contributed by atoms with Gasteiger partial charge >= 0.3 is 0 Å². The normalized spacial score (nSPS) is 16.1. The Hall–Kier alpha value is -2.45. The molecular weight excluding hydrogens is 371 g/mol. The van der Waals surface area contributed by atoms with Crippen LogP contribution in [0.1, 0.15) is 12.8 Å². The van der Waals surface area contributed by atoms with Gasteiger partial charge < -0.3 is 10.1 Å². The van der Waals surface area contributed by atoms with Crippen molar-refractivity contribution in [2.45, 2.75) is 12.8 Å². The number of ether oxygens (including phenoxy) is 1. The first-order chi connectivity index (χ1) is 12.8. The monoisotopic (exact) mass is 392 g/mol. The quantitative estimate of drug-likeness (QED) is 0.848. The first-order valence-corrected chi connectivity index (χ1v) is 10.5. The summed E-state index contributed by atoms with van der Waals surface area (Å²) in [5, 5.41) is 2.83. The number of carbonyl (C=O) groups is 1. The number of anilines is 1. The summed E-state index contributed by atoms with van der Waals surface area (Å²) in [7, 11) is -3.21. The van der Waals surface area contributed by atoms with Crippen LogP contribution in [-0.2, 0) is 14.8 Å². The van der Waals surface area contributed by atoms with Crippen molar-refractivity contribution in [1.82, 2.24) is 4.31 Å². The highest BCUT2D eigenvalue weighted by molar-refractivity contribution is 7.88. The molecule has 144 valence electrons. The lowest BCUT2D eigenvalue weighted by molar-refractivity contribution is -0.120. The van der Waals surface area contributed by atoms with Gasteiger partial charge in [0, 0.05) is 24.7 Å². The molecule has 2 aromatic rings. The van der Waals surface area contributed by atoms with E-state index in [1.54, 1.807) is 36.4 Å². The number of hydrogen-bond acceptors (Lipinski definition) is 4. The predicted molar refractivity (Wildman–Crippen MR) is 101 cm³/mol. The summed E-state index contributed by atoms with van der Waals surface area (Å²) in [6, 6.07) is 12.8. The van der Waals surface area contributed by atoms with Crippen LogP contribution in [0.4, 0.5) is 10.1 Å². The van der Waals surface area contributed by atoms with Gasteiger partial charge in [-0.1, -0.05) is 12.1 Å². The highest BCUT2D eigenvalue weighted by Gasteiger charge is 2.28. The van der Waals surface area contributed by atoms with Crippen molar-refractivity contribution in [1.29, 1.82) is 0 Å². The number of hydrogen-bond donors (Lipinski definition) is 1. The van der Waals surface area contributed by atoms with Crippen LogP contribution in [0.25, 0.3) is 0 Å². The molecule has 2 aromatic carbocycles. The summed E-state index contributed by atoms with van der Waals surface area (Å²) in [5.74, 6) is -0.218. The lowest BCUT2D eigenvalue weighted by Gasteiger charge is -2.29. The molecule has 0 atom stereocenters. The van der Waals surface area contributed by atoms with Crippen LogP contribution in [0.3, 0.4) is 0 Å². The van der Waals surface area contributed by atoms with Crippen LogP contribution in [-0.4, -0.2) is 38.0 Å². The third-order valence-corrected chi connectivity index (χ3v) is 5.78. The number of nitrogens with one attached hydrogen (secondary N) is 1. The van der Waals surface area contributed by atoms with Crippen molar-refractivity contribution in [3.8, 4) is 11.5 Å². The molecule has 0 radical (unpaired) electrons. The minimum Gasteiger partial charge on any atom is -0.454 e. The minimum absolute atomic E-state index is 0.131. The van der Waals surface area contributed by atoms with Crippen LogP contribution in [0.15, 0.2) is 48.5 Å². The van der Waals surface area contributed by atoms with Crippen LogP contribution in [0, 0.1) is 11.7 Å². The number of nitrogens with zero attached hydrogens (tertiary/aromatic N) is 1. The van der Waals surface area contributed by atoms with Crippen LogP contribution in [0.2, 0.25) is 0 Å². The fourth-order valence-electron chi connectivity index (χ4n) is 2.95. The zero-order valence-electron chi connectivity index (χ0n) is 14.9. The molecule has 3 rings (SSSR count). The fraction of sp³-hybridized carbons (Fsp3) is 0.316. The van der Waals surface area contributed by atoms with E-state index in [0.29, 0.717) is 37.4 Å². The highest BCUT2D eigenvalue weighted by Crippen LogP contribution is 2.26. The zero-order chi connectivity index (χ0) is 19.4. The van der Waals surface area contributed by atoms with Gasteiger partial charge in [0.15, 0.2) is 11.6 Å². The Kier molecular flexibility index (Phi) is 5.76. The maximum atomic E-state index is 13.6. The van der Waals surface area contributed by atoms with Crippen molar-refractivity contribution < 1.29 is 22.3 Å². The fourth-order valence-corrected chi connectivity index (χ4v) is 3.83. The summed E-state index contributed by atoms with van der Waals surface area (Å²) in [4.78, 5) is 12.4. The number of halogens is 1. The maximum absolute atomic E-state index is 13.6. The Balaban J connectivity index is 1.55. The van der Waals surface area contributed by atoms with Gasteiger partial charge in [-0.05, 0) is 49.2 Å². The molecule has 1 heterocycles. The SMILES string of the molecule is CS(=O)(=O)N1CCC(C(=O)Nc2ccc(Oc3ccccc3F)cc2)CC1. The van der Waals surface area contributed by atoms with E-state index in [9.17, 15) is 17.6 Å². The second kappa shape index (κ2) is 8.06.